The van der Waals surface area contributed by atoms with Crippen molar-refractivity contribution in [3.05, 3.63) is 54.0 Å². The number of halogens is 1. The Morgan fingerprint density at radius 2 is 2.00 bits per heavy atom. The molecular formula is C13H10FNO. The van der Waals surface area contributed by atoms with Crippen LogP contribution in [0.1, 0.15) is 5.56 Å². The summed E-state index contributed by atoms with van der Waals surface area (Å²) in [6.07, 6.45) is 2.63. The Labute approximate surface area is 92.8 Å². The molecule has 0 unspecified atom stereocenters. The number of benzene rings is 1. The predicted octanol–water partition coefficient (Wildman–Crippen LogP) is 2.63. The molecule has 0 aliphatic heterocycles. The van der Waals surface area contributed by atoms with E-state index in [4.69, 9.17) is 0 Å². The van der Waals surface area contributed by atoms with Crippen molar-refractivity contribution in [2.24, 2.45) is 0 Å². The number of hydrogen-bond acceptors (Lipinski definition) is 2. The molecule has 1 aromatic carbocycles. The van der Waals surface area contributed by atoms with Crippen LogP contribution in [0.2, 0.25) is 0 Å². The van der Waals surface area contributed by atoms with Gasteiger partial charge in [0.05, 0.1) is 5.69 Å². The van der Waals surface area contributed by atoms with Gasteiger partial charge in [0.2, 0.25) is 0 Å². The molecule has 1 heterocycles. The van der Waals surface area contributed by atoms with Crippen molar-refractivity contribution < 1.29 is 9.18 Å². The second-order valence-corrected chi connectivity index (χ2v) is 3.36. The van der Waals surface area contributed by atoms with E-state index in [0.29, 0.717) is 11.3 Å². The minimum Gasteiger partial charge on any atom is -0.303 e. The average molecular weight is 215 g/mol. The summed E-state index contributed by atoms with van der Waals surface area (Å²) >= 11 is 0. The molecule has 2 rings (SSSR count). The van der Waals surface area contributed by atoms with Crippen LogP contribution in [-0.4, -0.2) is 11.3 Å². The van der Waals surface area contributed by atoms with Gasteiger partial charge in [-0.1, -0.05) is 18.2 Å². The van der Waals surface area contributed by atoms with Gasteiger partial charge in [-0.3, -0.25) is 4.98 Å². The normalized spacial score (nSPS) is 10.1. The first-order valence-corrected chi connectivity index (χ1v) is 4.95. The predicted molar refractivity (Wildman–Crippen MR) is 59.4 cm³/mol. The Morgan fingerprint density at radius 3 is 2.75 bits per heavy atom. The lowest BCUT2D eigenvalue weighted by Gasteiger charge is -2.06. The van der Waals surface area contributed by atoms with E-state index in [1.165, 1.54) is 6.07 Å². The minimum absolute atomic E-state index is 0.248. The molecule has 0 spiro atoms. The third kappa shape index (κ3) is 1.98. The smallest absolute Gasteiger partial charge is 0.132 e. The molecule has 1 aromatic heterocycles. The Kier molecular flexibility index (Phi) is 3.05. The van der Waals surface area contributed by atoms with Crippen LogP contribution in [0, 0.1) is 5.82 Å². The maximum absolute atomic E-state index is 13.6. The van der Waals surface area contributed by atoms with E-state index in [-0.39, 0.29) is 12.2 Å². The molecule has 0 amide bonds. The Hall–Kier alpha value is -2.03. The monoisotopic (exact) mass is 215 g/mol. The van der Waals surface area contributed by atoms with Crippen LogP contribution in [0.25, 0.3) is 11.3 Å². The highest BCUT2D eigenvalue weighted by Gasteiger charge is 2.09. The van der Waals surface area contributed by atoms with Gasteiger partial charge in [0.15, 0.2) is 0 Å². The molecule has 0 saturated heterocycles. The lowest BCUT2D eigenvalue weighted by molar-refractivity contribution is -0.107. The summed E-state index contributed by atoms with van der Waals surface area (Å²) in [5.41, 5.74) is 1.70. The first-order valence-electron chi connectivity index (χ1n) is 4.95. The van der Waals surface area contributed by atoms with Gasteiger partial charge in [-0.2, -0.15) is 0 Å². The zero-order valence-electron chi connectivity index (χ0n) is 8.56. The number of nitrogens with zero attached hydrogens (tertiary/aromatic N) is 1. The highest BCUT2D eigenvalue weighted by atomic mass is 19.1. The SMILES string of the molecule is O=CCc1cccnc1-c1ccccc1F. The highest BCUT2D eigenvalue weighted by molar-refractivity contribution is 5.68. The van der Waals surface area contributed by atoms with Gasteiger partial charge in [-0.05, 0) is 23.8 Å². The van der Waals surface area contributed by atoms with Crippen molar-refractivity contribution >= 4 is 6.29 Å². The second-order valence-electron chi connectivity index (χ2n) is 3.36. The molecule has 0 bridgehead atoms. The second kappa shape index (κ2) is 4.66. The fraction of sp³-hybridized carbons (Fsp3) is 0.0769. The number of aldehydes is 1. The van der Waals surface area contributed by atoms with E-state index in [1.54, 1.807) is 36.5 Å². The van der Waals surface area contributed by atoms with Crippen LogP contribution in [0.5, 0.6) is 0 Å². The molecular weight excluding hydrogens is 205 g/mol. The Morgan fingerprint density at radius 1 is 1.19 bits per heavy atom. The first-order chi connectivity index (χ1) is 7.83. The summed E-state index contributed by atoms with van der Waals surface area (Å²) in [6.45, 7) is 0. The molecule has 3 heteroatoms. The zero-order valence-corrected chi connectivity index (χ0v) is 8.56. The van der Waals surface area contributed by atoms with E-state index in [0.717, 1.165) is 11.8 Å². The lowest BCUT2D eigenvalue weighted by Crippen LogP contribution is -1.95. The quantitative estimate of drug-likeness (QED) is 0.737. The van der Waals surface area contributed by atoms with Gasteiger partial charge in [-0.25, -0.2) is 4.39 Å². The molecule has 0 aliphatic carbocycles. The number of aromatic nitrogens is 1. The van der Waals surface area contributed by atoms with Crippen molar-refractivity contribution in [1.82, 2.24) is 4.98 Å². The van der Waals surface area contributed by atoms with Gasteiger partial charge in [0, 0.05) is 18.2 Å². The van der Waals surface area contributed by atoms with Crippen LogP contribution >= 0.6 is 0 Å². The van der Waals surface area contributed by atoms with Crippen LogP contribution in [0.4, 0.5) is 4.39 Å². The summed E-state index contributed by atoms with van der Waals surface area (Å²) in [5.74, 6) is -0.326. The molecule has 0 saturated carbocycles. The fourth-order valence-electron chi connectivity index (χ4n) is 1.59. The van der Waals surface area contributed by atoms with E-state index >= 15 is 0 Å². The van der Waals surface area contributed by atoms with Gasteiger partial charge < -0.3 is 4.79 Å². The minimum atomic E-state index is -0.326. The standard InChI is InChI=1S/C13H10FNO/c14-12-6-2-1-5-11(12)13-10(7-9-16)4-3-8-15-13/h1-6,8-9H,7H2. The Balaban J connectivity index is 2.55. The van der Waals surface area contributed by atoms with Crippen LogP contribution in [0.3, 0.4) is 0 Å². The van der Waals surface area contributed by atoms with E-state index < -0.39 is 0 Å². The molecule has 0 radical (unpaired) electrons. The average Bonchev–Trinajstić information content (AvgIpc) is 2.31. The van der Waals surface area contributed by atoms with Gasteiger partial charge in [0.25, 0.3) is 0 Å². The third-order valence-corrected chi connectivity index (χ3v) is 2.32. The largest absolute Gasteiger partial charge is 0.303 e. The van der Waals surface area contributed by atoms with Crippen molar-refractivity contribution in [2.75, 3.05) is 0 Å². The van der Waals surface area contributed by atoms with Crippen molar-refractivity contribution in [3.8, 4) is 11.3 Å². The summed E-state index contributed by atoms with van der Waals surface area (Å²) < 4.78 is 13.6. The molecule has 2 aromatic rings. The van der Waals surface area contributed by atoms with Crippen molar-refractivity contribution in [2.45, 2.75) is 6.42 Å². The van der Waals surface area contributed by atoms with Crippen LogP contribution in [-0.2, 0) is 11.2 Å². The fourth-order valence-corrected chi connectivity index (χ4v) is 1.59. The summed E-state index contributed by atoms with van der Waals surface area (Å²) in [5, 5.41) is 0. The number of rotatable bonds is 3. The lowest BCUT2D eigenvalue weighted by atomic mass is 10.0. The van der Waals surface area contributed by atoms with Gasteiger partial charge >= 0.3 is 0 Å². The van der Waals surface area contributed by atoms with E-state index in [2.05, 4.69) is 4.98 Å². The molecule has 16 heavy (non-hydrogen) atoms. The topological polar surface area (TPSA) is 30.0 Å². The number of hydrogen-bond donors (Lipinski definition) is 0. The summed E-state index contributed by atoms with van der Waals surface area (Å²) in [7, 11) is 0. The molecule has 0 aliphatic rings. The van der Waals surface area contributed by atoms with E-state index in [9.17, 15) is 9.18 Å². The molecule has 80 valence electrons. The summed E-state index contributed by atoms with van der Waals surface area (Å²) in [4.78, 5) is 14.7. The zero-order chi connectivity index (χ0) is 11.4. The van der Waals surface area contributed by atoms with Crippen molar-refractivity contribution in [3.63, 3.8) is 0 Å². The maximum atomic E-state index is 13.6. The molecule has 0 atom stereocenters. The number of carbonyl (C=O) groups is 1. The van der Waals surface area contributed by atoms with Crippen LogP contribution in [0.15, 0.2) is 42.6 Å². The maximum Gasteiger partial charge on any atom is 0.132 e. The third-order valence-electron chi connectivity index (χ3n) is 2.32. The molecule has 0 N–H and O–H groups in total. The molecule has 2 nitrogen and oxygen atoms in total. The highest BCUT2D eigenvalue weighted by Crippen LogP contribution is 2.23. The number of pyridine rings is 1. The van der Waals surface area contributed by atoms with E-state index in [1.807, 2.05) is 0 Å². The van der Waals surface area contributed by atoms with Gasteiger partial charge in [0.1, 0.15) is 12.1 Å². The molecule has 0 fully saturated rings. The van der Waals surface area contributed by atoms with Crippen LogP contribution < -0.4 is 0 Å². The number of carbonyl (C=O) groups excluding carboxylic acids is 1. The first kappa shape index (κ1) is 10.5. The van der Waals surface area contributed by atoms with Crippen molar-refractivity contribution in [1.29, 1.82) is 0 Å². The van der Waals surface area contributed by atoms with Gasteiger partial charge in [-0.15, -0.1) is 0 Å². The summed E-state index contributed by atoms with van der Waals surface area (Å²) in [6, 6.07) is 9.94. The Bertz CT molecular complexity index is 511.